The van der Waals surface area contributed by atoms with Crippen molar-refractivity contribution in [1.29, 1.82) is 0 Å². The lowest BCUT2D eigenvalue weighted by atomic mass is 10.2. The van der Waals surface area contributed by atoms with Gasteiger partial charge in [0.25, 0.3) is 0 Å². The summed E-state index contributed by atoms with van der Waals surface area (Å²) in [6.07, 6.45) is 0. The maximum absolute atomic E-state index is 10.9. The first-order chi connectivity index (χ1) is 4.74. The molecule has 0 aliphatic rings. The van der Waals surface area contributed by atoms with Crippen molar-refractivity contribution in [3.8, 4) is 11.5 Å². The zero-order valence-corrected chi connectivity index (χ0v) is 6.05. The number of rotatable bonds is 1. The van der Waals surface area contributed by atoms with E-state index in [0.29, 0.717) is 5.75 Å². The second-order valence-corrected chi connectivity index (χ2v) is 2.15. The van der Waals surface area contributed by atoms with Crippen molar-refractivity contribution >= 4 is 0 Å². The molecule has 0 bridgehead atoms. The number of benzene rings is 1. The van der Waals surface area contributed by atoms with E-state index in [1.54, 1.807) is 12.1 Å². The molecule has 0 aliphatic carbocycles. The molecule has 0 saturated heterocycles. The molecular weight excluding hydrogens is 128 g/mol. The Morgan fingerprint density at radius 1 is 1.40 bits per heavy atom. The zero-order valence-electron chi connectivity index (χ0n) is 6.05. The number of ether oxygens (including phenoxy) is 1. The summed E-state index contributed by atoms with van der Waals surface area (Å²) in [5, 5.41) is 10.9. The molecule has 0 heterocycles. The minimum Gasteiger partial charge on any atom is -0.870 e. The van der Waals surface area contributed by atoms with Crippen LogP contribution in [0.15, 0.2) is 18.2 Å². The molecule has 0 unspecified atom stereocenters. The summed E-state index contributed by atoms with van der Waals surface area (Å²) < 4.78 is 4.81. The summed E-state index contributed by atoms with van der Waals surface area (Å²) >= 11 is 0. The Morgan fingerprint density at radius 2 is 2.10 bits per heavy atom. The third-order valence-electron chi connectivity index (χ3n) is 1.32. The van der Waals surface area contributed by atoms with Crippen LogP contribution in [0.2, 0.25) is 0 Å². The highest BCUT2D eigenvalue weighted by Crippen LogP contribution is 2.22. The molecule has 54 valence electrons. The van der Waals surface area contributed by atoms with Crippen LogP contribution in [0, 0.1) is 6.92 Å². The van der Waals surface area contributed by atoms with Gasteiger partial charge in [0.2, 0.25) is 0 Å². The molecular formula is C8H9O2-. The molecule has 0 aliphatic heterocycles. The van der Waals surface area contributed by atoms with Gasteiger partial charge in [0.1, 0.15) is 5.75 Å². The van der Waals surface area contributed by atoms with E-state index in [1.165, 1.54) is 13.2 Å². The maximum Gasteiger partial charge on any atom is 0.111 e. The number of hydrogen-bond donors (Lipinski definition) is 0. The van der Waals surface area contributed by atoms with Crippen molar-refractivity contribution in [2.24, 2.45) is 0 Å². The average molecular weight is 137 g/mol. The first kappa shape index (κ1) is 6.93. The van der Waals surface area contributed by atoms with Gasteiger partial charge in [0, 0.05) is 0 Å². The Hall–Kier alpha value is -1.18. The van der Waals surface area contributed by atoms with E-state index in [9.17, 15) is 5.11 Å². The fourth-order valence-corrected chi connectivity index (χ4v) is 0.775. The third kappa shape index (κ3) is 1.21. The summed E-state index contributed by atoms with van der Waals surface area (Å²) in [6, 6.07) is 5.00. The van der Waals surface area contributed by atoms with Crippen LogP contribution in [0.1, 0.15) is 5.56 Å². The van der Waals surface area contributed by atoms with Gasteiger partial charge in [-0.25, -0.2) is 0 Å². The summed E-state index contributed by atoms with van der Waals surface area (Å²) in [5.74, 6) is 0.355. The van der Waals surface area contributed by atoms with Crippen LogP contribution in [0.25, 0.3) is 0 Å². The molecule has 0 atom stereocenters. The molecule has 1 aromatic carbocycles. The monoisotopic (exact) mass is 137 g/mol. The van der Waals surface area contributed by atoms with Gasteiger partial charge in [-0.3, -0.25) is 0 Å². The molecule has 0 spiro atoms. The molecule has 0 aromatic heterocycles. The minimum atomic E-state index is -0.0619. The van der Waals surface area contributed by atoms with Crippen molar-refractivity contribution in [1.82, 2.24) is 0 Å². The van der Waals surface area contributed by atoms with E-state index < -0.39 is 0 Å². The van der Waals surface area contributed by atoms with Gasteiger partial charge in [-0.15, -0.1) is 0 Å². The Bertz CT molecular complexity index is 231. The van der Waals surface area contributed by atoms with Crippen LogP contribution >= 0.6 is 0 Å². The van der Waals surface area contributed by atoms with E-state index >= 15 is 0 Å². The SMILES string of the molecule is COc1cc(C)ccc1[O-]. The predicted octanol–water partition coefficient (Wildman–Crippen LogP) is 1.08. The van der Waals surface area contributed by atoms with Gasteiger partial charge in [-0.05, 0) is 18.6 Å². The highest BCUT2D eigenvalue weighted by molar-refractivity contribution is 5.40. The molecule has 0 N–H and O–H groups in total. The first-order valence-corrected chi connectivity index (χ1v) is 3.05. The van der Waals surface area contributed by atoms with E-state index in [1.807, 2.05) is 6.92 Å². The van der Waals surface area contributed by atoms with Gasteiger partial charge in [0.15, 0.2) is 0 Å². The third-order valence-corrected chi connectivity index (χ3v) is 1.32. The molecule has 1 aromatic rings. The smallest absolute Gasteiger partial charge is 0.111 e. The van der Waals surface area contributed by atoms with Gasteiger partial charge in [0.05, 0.1) is 7.11 Å². The number of aryl methyl sites for hydroxylation is 1. The van der Waals surface area contributed by atoms with Crippen LogP contribution in [-0.4, -0.2) is 7.11 Å². The van der Waals surface area contributed by atoms with Gasteiger partial charge in [-0.2, -0.15) is 0 Å². The molecule has 1 rings (SSSR count). The van der Waals surface area contributed by atoms with Gasteiger partial charge < -0.3 is 9.84 Å². The second-order valence-electron chi connectivity index (χ2n) is 2.15. The summed E-state index contributed by atoms with van der Waals surface area (Å²) in [4.78, 5) is 0. The van der Waals surface area contributed by atoms with Crippen LogP contribution in [0.5, 0.6) is 11.5 Å². The Kier molecular flexibility index (Phi) is 1.81. The Morgan fingerprint density at radius 3 is 2.60 bits per heavy atom. The summed E-state index contributed by atoms with van der Waals surface area (Å²) in [7, 11) is 1.50. The van der Waals surface area contributed by atoms with Crippen LogP contribution in [0.3, 0.4) is 0 Å². The van der Waals surface area contributed by atoms with E-state index in [2.05, 4.69) is 0 Å². The highest BCUT2D eigenvalue weighted by Gasteiger charge is 1.90. The van der Waals surface area contributed by atoms with E-state index in [-0.39, 0.29) is 5.75 Å². The minimum absolute atomic E-state index is 0.0619. The zero-order chi connectivity index (χ0) is 7.56. The summed E-state index contributed by atoms with van der Waals surface area (Å²) in [6.45, 7) is 1.92. The normalized spacial score (nSPS) is 9.40. The first-order valence-electron chi connectivity index (χ1n) is 3.05. The van der Waals surface area contributed by atoms with Crippen LogP contribution in [0.4, 0.5) is 0 Å². The van der Waals surface area contributed by atoms with Crippen molar-refractivity contribution in [3.63, 3.8) is 0 Å². The number of methoxy groups -OCH3 is 1. The molecule has 10 heavy (non-hydrogen) atoms. The van der Waals surface area contributed by atoms with Gasteiger partial charge in [-0.1, -0.05) is 17.9 Å². The van der Waals surface area contributed by atoms with Crippen LogP contribution in [-0.2, 0) is 0 Å². The van der Waals surface area contributed by atoms with Crippen molar-refractivity contribution in [2.45, 2.75) is 6.92 Å². The van der Waals surface area contributed by atoms with E-state index in [0.717, 1.165) is 5.56 Å². The highest BCUT2D eigenvalue weighted by atomic mass is 16.5. The molecule has 0 amide bonds. The summed E-state index contributed by atoms with van der Waals surface area (Å²) in [5.41, 5.74) is 1.04. The lowest BCUT2D eigenvalue weighted by Gasteiger charge is -2.11. The van der Waals surface area contributed by atoms with Crippen molar-refractivity contribution < 1.29 is 9.84 Å². The standard InChI is InChI=1S/C8H10O2/c1-6-3-4-7(9)8(5-6)10-2/h3-5,9H,1-2H3/p-1. The topological polar surface area (TPSA) is 32.3 Å². The Labute approximate surface area is 60.1 Å². The van der Waals surface area contributed by atoms with Gasteiger partial charge >= 0.3 is 0 Å². The maximum atomic E-state index is 10.9. The lowest BCUT2D eigenvalue weighted by Crippen LogP contribution is -1.94. The average Bonchev–Trinajstić information content (AvgIpc) is 1.94. The van der Waals surface area contributed by atoms with Crippen molar-refractivity contribution in [2.75, 3.05) is 7.11 Å². The molecule has 0 radical (unpaired) electrons. The second kappa shape index (κ2) is 2.60. The lowest BCUT2D eigenvalue weighted by molar-refractivity contribution is -0.270. The fourth-order valence-electron chi connectivity index (χ4n) is 0.775. The predicted molar refractivity (Wildman–Crippen MR) is 37.2 cm³/mol. The molecule has 0 fully saturated rings. The molecule has 2 heteroatoms. The molecule has 0 saturated carbocycles. The number of hydrogen-bond acceptors (Lipinski definition) is 2. The van der Waals surface area contributed by atoms with Crippen LogP contribution < -0.4 is 9.84 Å². The van der Waals surface area contributed by atoms with E-state index in [4.69, 9.17) is 4.74 Å². The fraction of sp³-hybridized carbons (Fsp3) is 0.250. The quantitative estimate of drug-likeness (QED) is 0.580. The Balaban J connectivity index is 3.09. The van der Waals surface area contributed by atoms with Crippen molar-refractivity contribution in [3.05, 3.63) is 23.8 Å². The largest absolute Gasteiger partial charge is 0.870 e. The molecule has 2 nitrogen and oxygen atoms in total.